The smallest absolute Gasteiger partial charge is 0.327 e. The van der Waals surface area contributed by atoms with Gasteiger partial charge in [0.1, 0.15) is 5.82 Å². The molecular weight excluding hydrogens is 377 g/mol. The molecule has 1 fully saturated rings. The molecule has 0 amide bonds. The lowest BCUT2D eigenvalue weighted by atomic mass is 10.1. The molecule has 152 valence electrons. The second-order valence-corrected chi connectivity index (χ2v) is 7.53. The number of nitrogens with zero attached hydrogens (tertiary/aromatic N) is 4. The maximum absolute atomic E-state index is 12.8. The van der Waals surface area contributed by atoms with Crippen LogP contribution in [0, 0.1) is 6.92 Å². The number of rotatable bonds is 5. The summed E-state index contributed by atoms with van der Waals surface area (Å²) in [5.74, 6) is 1.01. The third-order valence-corrected chi connectivity index (χ3v) is 5.48. The number of benzene rings is 1. The molecule has 3 heterocycles. The van der Waals surface area contributed by atoms with Crippen molar-refractivity contribution >= 4 is 0 Å². The molecule has 0 N–H and O–H groups in total. The molecule has 1 unspecified atom stereocenters. The van der Waals surface area contributed by atoms with Crippen molar-refractivity contribution in [3.63, 3.8) is 0 Å². The predicted octanol–water partition coefficient (Wildman–Crippen LogP) is 4.99. The van der Waals surface area contributed by atoms with Crippen molar-refractivity contribution in [1.82, 2.24) is 19.4 Å². The van der Waals surface area contributed by atoms with Gasteiger partial charge in [0.05, 0.1) is 18.2 Å². The van der Waals surface area contributed by atoms with Gasteiger partial charge in [0.25, 0.3) is 0 Å². The Kier molecular flexibility index (Phi) is 5.41. The first-order valence-electron chi connectivity index (χ1n) is 9.73. The number of pyridine rings is 1. The van der Waals surface area contributed by atoms with Gasteiger partial charge in [0, 0.05) is 30.8 Å². The maximum Gasteiger partial charge on any atom is 0.416 e. The van der Waals surface area contributed by atoms with E-state index in [1.165, 1.54) is 0 Å². The average Bonchev–Trinajstić information content (AvgIpc) is 3.29. The quantitative estimate of drug-likeness (QED) is 0.605. The summed E-state index contributed by atoms with van der Waals surface area (Å²) in [5.41, 5.74) is 2.47. The van der Waals surface area contributed by atoms with Crippen LogP contribution in [0.5, 0.6) is 0 Å². The van der Waals surface area contributed by atoms with Crippen molar-refractivity contribution in [2.45, 2.75) is 45.1 Å². The van der Waals surface area contributed by atoms with Crippen LogP contribution < -0.4 is 0 Å². The highest BCUT2D eigenvalue weighted by atomic mass is 19.4. The highest BCUT2D eigenvalue weighted by molar-refractivity contribution is 5.25. The Bertz CT molecular complexity index is 948. The Morgan fingerprint density at radius 1 is 1.03 bits per heavy atom. The fourth-order valence-corrected chi connectivity index (χ4v) is 3.97. The van der Waals surface area contributed by atoms with Crippen LogP contribution in [0.1, 0.15) is 47.1 Å². The van der Waals surface area contributed by atoms with Crippen LogP contribution >= 0.6 is 0 Å². The average molecular weight is 400 g/mol. The summed E-state index contributed by atoms with van der Waals surface area (Å²) < 4.78 is 40.6. The van der Waals surface area contributed by atoms with Crippen molar-refractivity contribution in [3.05, 3.63) is 83.2 Å². The summed E-state index contributed by atoms with van der Waals surface area (Å²) in [6.07, 6.45) is 3.24. The highest BCUT2D eigenvalue weighted by Crippen LogP contribution is 2.34. The van der Waals surface area contributed by atoms with Crippen LogP contribution in [-0.4, -0.2) is 26.0 Å². The first kappa shape index (κ1) is 19.6. The van der Waals surface area contributed by atoms with Gasteiger partial charge in [0.15, 0.2) is 0 Å². The Hall–Kier alpha value is -2.67. The molecule has 1 atom stereocenters. The maximum atomic E-state index is 12.8. The minimum atomic E-state index is -4.30. The van der Waals surface area contributed by atoms with Gasteiger partial charge < -0.3 is 4.57 Å². The number of halogens is 3. The number of likely N-dealkylation sites (tertiary alicyclic amines) is 1. The standard InChI is InChI=1S/C22H23F3N4/c1-16-12-27-21(29(16)15-18-4-2-10-26-13-18)20-5-3-11-28(20)14-17-6-8-19(9-7-17)22(23,24)25/h2,4,6-10,12-13,20H,3,5,11,14-15H2,1H3. The topological polar surface area (TPSA) is 34.0 Å². The molecule has 1 aliphatic rings. The minimum absolute atomic E-state index is 0.155. The second-order valence-electron chi connectivity index (χ2n) is 7.53. The molecular formula is C22H23F3N4. The van der Waals surface area contributed by atoms with Crippen LogP contribution in [-0.2, 0) is 19.3 Å². The van der Waals surface area contributed by atoms with Gasteiger partial charge in [-0.3, -0.25) is 9.88 Å². The highest BCUT2D eigenvalue weighted by Gasteiger charge is 2.32. The molecule has 4 rings (SSSR count). The lowest BCUT2D eigenvalue weighted by Gasteiger charge is -2.25. The summed E-state index contributed by atoms with van der Waals surface area (Å²) in [7, 11) is 0. The molecule has 29 heavy (non-hydrogen) atoms. The third kappa shape index (κ3) is 4.34. The molecule has 0 radical (unpaired) electrons. The zero-order chi connectivity index (χ0) is 20.4. The molecule has 2 aromatic heterocycles. The second kappa shape index (κ2) is 7.99. The van der Waals surface area contributed by atoms with E-state index in [0.717, 1.165) is 54.2 Å². The normalized spacial score (nSPS) is 17.7. The predicted molar refractivity (Wildman–Crippen MR) is 104 cm³/mol. The Labute approximate surface area is 168 Å². The summed E-state index contributed by atoms with van der Waals surface area (Å²) in [6, 6.07) is 9.60. The number of aromatic nitrogens is 3. The fraction of sp³-hybridized carbons (Fsp3) is 0.364. The van der Waals surface area contributed by atoms with Crippen LogP contribution in [0.3, 0.4) is 0 Å². The van der Waals surface area contributed by atoms with Crippen LogP contribution in [0.2, 0.25) is 0 Å². The van der Waals surface area contributed by atoms with E-state index in [0.29, 0.717) is 13.1 Å². The molecule has 1 saturated heterocycles. The monoisotopic (exact) mass is 400 g/mol. The van der Waals surface area contributed by atoms with Crippen molar-refractivity contribution in [1.29, 1.82) is 0 Å². The lowest BCUT2D eigenvalue weighted by Crippen LogP contribution is -2.25. The van der Waals surface area contributed by atoms with Gasteiger partial charge in [-0.25, -0.2) is 4.98 Å². The van der Waals surface area contributed by atoms with Crippen molar-refractivity contribution in [2.24, 2.45) is 0 Å². The Morgan fingerprint density at radius 3 is 2.52 bits per heavy atom. The van der Waals surface area contributed by atoms with Gasteiger partial charge in [-0.2, -0.15) is 13.2 Å². The van der Waals surface area contributed by atoms with Gasteiger partial charge >= 0.3 is 6.18 Å². The Morgan fingerprint density at radius 2 is 1.83 bits per heavy atom. The van der Waals surface area contributed by atoms with Gasteiger partial charge in [0.2, 0.25) is 0 Å². The van der Waals surface area contributed by atoms with Gasteiger partial charge in [-0.15, -0.1) is 0 Å². The molecule has 0 spiro atoms. The minimum Gasteiger partial charge on any atom is -0.327 e. The molecule has 0 saturated carbocycles. The van der Waals surface area contributed by atoms with Crippen molar-refractivity contribution in [2.75, 3.05) is 6.54 Å². The van der Waals surface area contributed by atoms with E-state index in [4.69, 9.17) is 0 Å². The van der Waals surface area contributed by atoms with Crippen LogP contribution in [0.15, 0.2) is 55.0 Å². The zero-order valence-electron chi connectivity index (χ0n) is 16.2. The third-order valence-electron chi connectivity index (χ3n) is 5.48. The van der Waals surface area contributed by atoms with E-state index < -0.39 is 11.7 Å². The van der Waals surface area contributed by atoms with E-state index in [9.17, 15) is 13.2 Å². The number of imidazole rings is 1. The van der Waals surface area contributed by atoms with E-state index in [-0.39, 0.29) is 6.04 Å². The first-order valence-corrected chi connectivity index (χ1v) is 9.73. The number of aryl methyl sites for hydroxylation is 1. The molecule has 1 aliphatic heterocycles. The van der Waals surface area contributed by atoms with Crippen LogP contribution in [0.25, 0.3) is 0 Å². The van der Waals surface area contributed by atoms with E-state index >= 15 is 0 Å². The molecule has 0 bridgehead atoms. The Balaban J connectivity index is 1.53. The molecule has 0 aliphatic carbocycles. The number of hydrogen-bond donors (Lipinski definition) is 0. The largest absolute Gasteiger partial charge is 0.416 e. The van der Waals surface area contributed by atoms with Crippen molar-refractivity contribution in [3.8, 4) is 0 Å². The van der Waals surface area contributed by atoms with Crippen LogP contribution in [0.4, 0.5) is 13.2 Å². The molecule has 4 nitrogen and oxygen atoms in total. The SMILES string of the molecule is Cc1cnc(C2CCCN2Cc2ccc(C(F)(F)F)cc2)n1Cc1cccnc1. The number of hydrogen-bond acceptors (Lipinski definition) is 3. The molecule has 1 aromatic carbocycles. The summed E-state index contributed by atoms with van der Waals surface area (Å²) in [5, 5.41) is 0. The summed E-state index contributed by atoms with van der Waals surface area (Å²) in [4.78, 5) is 11.2. The van der Waals surface area contributed by atoms with E-state index in [2.05, 4.69) is 19.4 Å². The van der Waals surface area contributed by atoms with E-state index in [1.807, 2.05) is 31.5 Å². The molecule has 3 aromatic rings. The molecule has 7 heteroatoms. The summed E-state index contributed by atoms with van der Waals surface area (Å²) >= 11 is 0. The summed E-state index contributed by atoms with van der Waals surface area (Å²) in [6.45, 7) is 4.27. The zero-order valence-corrected chi connectivity index (χ0v) is 16.2. The first-order chi connectivity index (χ1) is 13.9. The van der Waals surface area contributed by atoms with Gasteiger partial charge in [-0.05, 0) is 55.6 Å². The lowest BCUT2D eigenvalue weighted by molar-refractivity contribution is -0.137. The fourth-order valence-electron chi connectivity index (χ4n) is 3.97. The van der Waals surface area contributed by atoms with Crippen molar-refractivity contribution < 1.29 is 13.2 Å². The van der Waals surface area contributed by atoms with E-state index in [1.54, 1.807) is 18.3 Å². The van der Waals surface area contributed by atoms with Gasteiger partial charge in [-0.1, -0.05) is 18.2 Å². The number of alkyl halides is 3.